The Morgan fingerprint density at radius 1 is 1.47 bits per heavy atom. The molecule has 0 aromatic rings. The van der Waals surface area contributed by atoms with Gasteiger partial charge in [0.2, 0.25) is 5.91 Å². The highest BCUT2D eigenvalue weighted by molar-refractivity contribution is 5.83. The fraction of sp³-hybridized carbons (Fsp3) is 0.833. The molecule has 0 aliphatic heterocycles. The van der Waals surface area contributed by atoms with Gasteiger partial charge in [0, 0.05) is 6.42 Å². The number of carbonyl (C=O) groups excluding carboxylic acids is 1. The highest BCUT2D eigenvalue weighted by Crippen LogP contribution is 2.33. The normalized spacial score (nSPS) is 18.5. The molecule has 0 aromatic carbocycles. The number of carbonyl (C=O) groups is 2. The van der Waals surface area contributed by atoms with E-state index in [1.165, 1.54) is 0 Å². The van der Waals surface area contributed by atoms with E-state index in [2.05, 4.69) is 5.32 Å². The molecule has 4 N–H and O–H groups in total. The van der Waals surface area contributed by atoms with E-state index in [1.54, 1.807) is 0 Å². The van der Waals surface area contributed by atoms with E-state index >= 15 is 0 Å². The second kappa shape index (κ2) is 6.59. The van der Waals surface area contributed by atoms with E-state index in [4.69, 9.17) is 10.8 Å². The summed E-state index contributed by atoms with van der Waals surface area (Å²) < 4.78 is 0. The van der Waals surface area contributed by atoms with E-state index in [9.17, 15) is 9.59 Å². The van der Waals surface area contributed by atoms with E-state index in [-0.39, 0.29) is 11.8 Å². The molecule has 5 nitrogen and oxygen atoms in total. The molecule has 0 radical (unpaired) electrons. The van der Waals surface area contributed by atoms with Gasteiger partial charge in [-0.25, -0.2) is 4.79 Å². The third-order valence-corrected chi connectivity index (χ3v) is 3.28. The summed E-state index contributed by atoms with van der Waals surface area (Å²) in [6, 6.07) is -0.731. The number of nitrogens with one attached hydrogen (secondary N) is 1. The number of rotatable bonds is 8. The summed E-state index contributed by atoms with van der Waals surface area (Å²) in [5.74, 6) is -0.514. The Hall–Kier alpha value is -1.10. The van der Waals surface area contributed by atoms with Crippen molar-refractivity contribution < 1.29 is 14.7 Å². The molecule has 0 bridgehead atoms. The van der Waals surface area contributed by atoms with Crippen LogP contribution in [0.1, 0.15) is 39.0 Å². The second-order valence-electron chi connectivity index (χ2n) is 4.85. The first-order valence-corrected chi connectivity index (χ1v) is 6.29. The van der Waals surface area contributed by atoms with Gasteiger partial charge in [-0.2, -0.15) is 0 Å². The van der Waals surface area contributed by atoms with Crippen molar-refractivity contribution in [3.63, 3.8) is 0 Å². The quantitative estimate of drug-likeness (QED) is 0.585. The molecule has 1 fully saturated rings. The summed E-state index contributed by atoms with van der Waals surface area (Å²) in [5, 5.41) is 11.6. The summed E-state index contributed by atoms with van der Waals surface area (Å²) in [4.78, 5) is 22.6. The molecule has 98 valence electrons. The maximum absolute atomic E-state index is 11.7. The minimum absolute atomic E-state index is 0.144. The number of amides is 1. The van der Waals surface area contributed by atoms with Gasteiger partial charge < -0.3 is 16.2 Å². The van der Waals surface area contributed by atoms with Gasteiger partial charge in [-0.1, -0.05) is 26.2 Å². The lowest BCUT2D eigenvalue weighted by atomic mass is 10.0. The summed E-state index contributed by atoms with van der Waals surface area (Å²) in [6.45, 7) is 2.44. The molecule has 0 saturated heterocycles. The Kier molecular flexibility index (Phi) is 5.41. The average molecular weight is 242 g/mol. The minimum atomic E-state index is -0.939. The molecular formula is C12H22N2O3. The van der Waals surface area contributed by atoms with Crippen LogP contribution in [0.25, 0.3) is 0 Å². The van der Waals surface area contributed by atoms with Crippen LogP contribution in [0.15, 0.2) is 0 Å². The predicted molar refractivity (Wildman–Crippen MR) is 64.4 cm³/mol. The second-order valence-corrected chi connectivity index (χ2v) is 4.85. The van der Waals surface area contributed by atoms with E-state index < -0.39 is 12.0 Å². The average Bonchev–Trinajstić information content (AvgIpc) is 3.08. The Morgan fingerprint density at radius 2 is 2.12 bits per heavy atom. The third kappa shape index (κ3) is 5.17. The third-order valence-electron chi connectivity index (χ3n) is 3.28. The van der Waals surface area contributed by atoms with Crippen molar-refractivity contribution in [1.29, 1.82) is 0 Å². The van der Waals surface area contributed by atoms with Crippen LogP contribution in [0, 0.1) is 11.8 Å². The van der Waals surface area contributed by atoms with E-state index in [0.29, 0.717) is 25.3 Å². The predicted octanol–water partition coefficient (Wildman–Crippen LogP) is 0.731. The Bertz CT molecular complexity index is 273. The smallest absolute Gasteiger partial charge is 0.326 e. The van der Waals surface area contributed by atoms with Crippen LogP contribution >= 0.6 is 0 Å². The first-order chi connectivity index (χ1) is 8.06. The molecule has 5 heteroatoms. The number of aliphatic carboxylic acids is 1. The van der Waals surface area contributed by atoms with Gasteiger partial charge >= 0.3 is 5.97 Å². The minimum Gasteiger partial charge on any atom is -0.480 e. The van der Waals surface area contributed by atoms with E-state index in [0.717, 1.165) is 19.3 Å². The van der Waals surface area contributed by atoms with Gasteiger partial charge in [-0.05, 0) is 24.8 Å². The van der Waals surface area contributed by atoms with E-state index in [1.807, 2.05) is 6.92 Å². The van der Waals surface area contributed by atoms with Crippen molar-refractivity contribution >= 4 is 11.9 Å². The van der Waals surface area contributed by atoms with Crippen molar-refractivity contribution in [3.05, 3.63) is 0 Å². The van der Waals surface area contributed by atoms with Crippen LogP contribution in [0.5, 0.6) is 0 Å². The Morgan fingerprint density at radius 3 is 2.53 bits per heavy atom. The van der Waals surface area contributed by atoms with Gasteiger partial charge in [0.25, 0.3) is 0 Å². The molecular weight excluding hydrogens is 220 g/mol. The van der Waals surface area contributed by atoms with Crippen molar-refractivity contribution in [1.82, 2.24) is 5.32 Å². The highest BCUT2D eigenvalue weighted by atomic mass is 16.4. The van der Waals surface area contributed by atoms with Crippen LogP contribution in [0.4, 0.5) is 0 Å². The van der Waals surface area contributed by atoms with Gasteiger partial charge in [0.15, 0.2) is 0 Å². The Labute approximate surface area is 102 Å². The van der Waals surface area contributed by atoms with Gasteiger partial charge in [-0.15, -0.1) is 0 Å². The molecule has 1 saturated carbocycles. The van der Waals surface area contributed by atoms with Crippen LogP contribution in [0.3, 0.4) is 0 Å². The molecule has 1 unspecified atom stereocenters. The van der Waals surface area contributed by atoms with Crippen molar-refractivity contribution in [2.75, 3.05) is 6.54 Å². The first kappa shape index (κ1) is 14.0. The summed E-state index contributed by atoms with van der Waals surface area (Å²) in [6.07, 6.45) is 3.88. The molecule has 1 aliphatic carbocycles. The van der Waals surface area contributed by atoms with Crippen LogP contribution in [-0.4, -0.2) is 29.6 Å². The zero-order valence-electron chi connectivity index (χ0n) is 10.3. The molecule has 0 aromatic heterocycles. The van der Waals surface area contributed by atoms with Gasteiger partial charge in [0.05, 0.1) is 0 Å². The topological polar surface area (TPSA) is 92.4 Å². The lowest BCUT2D eigenvalue weighted by Crippen LogP contribution is -2.42. The number of hydrogen-bond donors (Lipinski definition) is 3. The maximum atomic E-state index is 11.7. The zero-order valence-corrected chi connectivity index (χ0v) is 10.3. The highest BCUT2D eigenvalue weighted by Gasteiger charge is 2.30. The number of hydrogen-bond acceptors (Lipinski definition) is 3. The number of nitrogens with two attached hydrogens (primary N) is 1. The summed E-state index contributed by atoms with van der Waals surface area (Å²) in [5.41, 5.74) is 5.52. The molecule has 0 heterocycles. The monoisotopic (exact) mass is 242 g/mol. The van der Waals surface area contributed by atoms with Crippen molar-refractivity contribution in [2.24, 2.45) is 17.6 Å². The fourth-order valence-corrected chi connectivity index (χ4v) is 1.82. The summed E-state index contributed by atoms with van der Waals surface area (Å²) >= 11 is 0. The lowest BCUT2D eigenvalue weighted by Gasteiger charge is -2.16. The SMILES string of the molecule is CCC(CN)CC(=O)N[C@@H](CC1CC1)C(=O)O. The number of carboxylic acid groups (broad SMARTS) is 1. The van der Waals surface area contributed by atoms with Crippen LogP contribution in [0.2, 0.25) is 0 Å². The summed E-state index contributed by atoms with van der Waals surface area (Å²) in [7, 11) is 0. The molecule has 1 rings (SSSR count). The lowest BCUT2D eigenvalue weighted by molar-refractivity contribution is -0.142. The van der Waals surface area contributed by atoms with Crippen LogP contribution < -0.4 is 11.1 Å². The molecule has 1 amide bonds. The molecule has 2 atom stereocenters. The van der Waals surface area contributed by atoms with Crippen molar-refractivity contribution in [2.45, 2.75) is 45.1 Å². The van der Waals surface area contributed by atoms with Crippen LogP contribution in [-0.2, 0) is 9.59 Å². The molecule has 17 heavy (non-hydrogen) atoms. The first-order valence-electron chi connectivity index (χ1n) is 6.29. The standard InChI is InChI=1S/C12H22N2O3/c1-2-8(7-13)6-11(15)14-10(12(16)17)5-9-3-4-9/h8-10H,2-7,13H2,1H3,(H,14,15)(H,16,17)/t8?,10-/m0/s1. The molecule has 1 aliphatic rings. The Balaban J connectivity index is 2.37. The van der Waals surface area contributed by atoms with Gasteiger partial charge in [0.1, 0.15) is 6.04 Å². The maximum Gasteiger partial charge on any atom is 0.326 e. The molecule has 0 spiro atoms. The fourth-order valence-electron chi connectivity index (χ4n) is 1.82. The zero-order chi connectivity index (χ0) is 12.8. The number of carboxylic acids is 1. The van der Waals surface area contributed by atoms with Gasteiger partial charge in [-0.3, -0.25) is 4.79 Å². The largest absolute Gasteiger partial charge is 0.480 e. The van der Waals surface area contributed by atoms with Crippen molar-refractivity contribution in [3.8, 4) is 0 Å².